The number of piperidine rings is 1. The van der Waals surface area contributed by atoms with Crippen molar-refractivity contribution in [2.75, 3.05) is 45.9 Å². The first-order chi connectivity index (χ1) is 11.4. The van der Waals surface area contributed by atoms with Crippen molar-refractivity contribution in [1.82, 2.24) is 14.8 Å². The summed E-state index contributed by atoms with van der Waals surface area (Å²) in [6.07, 6.45) is -2.59. The molecule has 0 aliphatic carbocycles. The maximum atomic E-state index is 12.6. The van der Waals surface area contributed by atoms with Crippen molar-refractivity contribution in [3.63, 3.8) is 0 Å². The average molecular weight is 363 g/mol. The molecule has 1 amide bonds. The third kappa shape index (κ3) is 4.25. The second-order valence-electron chi connectivity index (χ2n) is 6.21. The number of likely N-dealkylation sites (tertiary alicyclic amines) is 1. The first-order valence-corrected chi connectivity index (χ1v) is 8.93. The Balaban J connectivity index is 1.59. The molecule has 0 unspecified atom stereocenters. The fourth-order valence-corrected chi connectivity index (χ4v) is 3.87. The second kappa shape index (κ2) is 7.37. The molecule has 0 radical (unpaired) electrons. The highest BCUT2D eigenvalue weighted by Crippen LogP contribution is 2.32. The van der Waals surface area contributed by atoms with E-state index in [1.54, 1.807) is 4.90 Å². The standard InChI is InChI=1S/C15H20F3N3O2S/c16-15(17,18)14-19-12(10-24-14)13(22)21-3-1-2-11(9-21)8-20-4-6-23-7-5-20/h10-11H,1-9H2/t11-/m1/s1. The molecule has 2 aliphatic rings. The van der Waals surface area contributed by atoms with Crippen molar-refractivity contribution >= 4 is 17.2 Å². The monoisotopic (exact) mass is 363 g/mol. The van der Waals surface area contributed by atoms with Gasteiger partial charge in [0, 0.05) is 38.1 Å². The number of carbonyl (C=O) groups is 1. The number of hydrogen-bond acceptors (Lipinski definition) is 5. The zero-order chi connectivity index (χ0) is 17.2. The zero-order valence-electron chi connectivity index (χ0n) is 13.2. The van der Waals surface area contributed by atoms with E-state index in [0.717, 1.165) is 45.7 Å². The number of carbonyl (C=O) groups excluding carboxylic acids is 1. The quantitative estimate of drug-likeness (QED) is 0.827. The van der Waals surface area contributed by atoms with Crippen molar-refractivity contribution in [3.05, 3.63) is 16.1 Å². The summed E-state index contributed by atoms with van der Waals surface area (Å²) in [4.78, 5) is 19.9. The molecule has 1 aromatic rings. The van der Waals surface area contributed by atoms with Crippen LogP contribution in [0.1, 0.15) is 28.3 Å². The lowest BCUT2D eigenvalue weighted by atomic mass is 9.97. The van der Waals surface area contributed by atoms with Gasteiger partial charge in [0.25, 0.3) is 5.91 Å². The molecule has 0 saturated carbocycles. The number of hydrogen-bond donors (Lipinski definition) is 0. The highest BCUT2D eigenvalue weighted by molar-refractivity contribution is 7.09. The molecule has 0 N–H and O–H groups in total. The molecular formula is C15H20F3N3O2S. The lowest BCUT2D eigenvalue weighted by molar-refractivity contribution is -0.137. The number of halogens is 3. The fraction of sp³-hybridized carbons (Fsp3) is 0.733. The molecule has 3 heterocycles. The number of aromatic nitrogens is 1. The van der Waals surface area contributed by atoms with Crippen LogP contribution in [0.25, 0.3) is 0 Å². The predicted molar refractivity (Wildman–Crippen MR) is 83.0 cm³/mol. The summed E-state index contributed by atoms with van der Waals surface area (Å²) < 4.78 is 43.2. The summed E-state index contributed by atoms with van der Waals surface area (Å²) in [5, 5.41) is 0.240. The molecule has 2 saturated heterocycles. The van der Waals surface area contributed by atoms with Gasteiger partial charge in [0.15, 0.2) is 5.01 Å². The third-order valence-electron chi connectivity index (χ3n) is 4.39. The first kappa shape index (κ1) is 17.6. The summed E-state index contributed by atoms with van der Waals surface area (Å²) in [6, 6.07) is 0. The molecule has 1 aromatic heterocycles. The number of ether oxygens (including phenoxy) is 1. The Kier molecular flexibility index (Phi) is 5.41. The van der Waals surface area contributed by atoms with E-state index in [0.29, 0.717) is 30.3 Å². The van der Waals surface area contributed by atoms with Crippen LogP contribution in [0, 0.1) is 5.92 Å². The number of thiazole rings is 1. The average Bonchev–Trinajstić information content (AvgIpc) is 3.06. The van der Waals surface area contributed by atoms with E-state index < -0.39 is 17.1 Å². The van der Waals surface area contributed by atoms with E-state index in [2.05, 4.69) is 9.88 Å². The van der Waals surface area contributed by atoms with Gasteiger partial charge in [-0.3, -0.25) is 9.69 Å². The number of amides is 1. The fourth-order valence-electron chi connectivity index (χ4n) is 3.21. The van der Waals surface area contributed by atoms with Crippen LogP contribution < -0.4 is 0 Å². The minimum atomic E-state index is -4.50. The summed E-state index contributed by atoms with van der Waals surface area (Å²) in [7, 11) is 0. The second-order valence-corrected chi connectivity index (χ2v) is 7.07. The van der Waals surface area contributed by atoms with E-state index in [1.807, 2.05) is 0 Å². The van der Waals surface area contributed by atoms with Gasteiger partial charge >= 0.3 is 6.18 Å². The Labute approximate surface area is 142 Å². The van der Waals surface area contributed by atoms with Gasteiger partial charge in [0.1, 0.15) is 5.69 Å². The highest BCUT2D eigenvalue weighted by Gasteiger charge is 2.36. The van der Waals surface area contributed by atoms with E-state index in [4.69, 9.17) is 4.74 Å². The number of rotatable bonds is 3. The molecule has 3 rings (SSSR count). The smallest absolute Gasteiger partial charge is 0.379 e. The molecule has 0 spiro atoms. The molecular weight excluding hydrogens is 343 g/mol. The SMILES string of the molecule is O=C(c1csc(C(F)(F)F)n1)N1CCC[C@H](CN2CCOCC2)C1. The van der Waals surface area contributed by atoms with Crippen molar-refractivity contribution in [2.45, 2.75) is 19.0 Å². The summed E-state index contributed by atoms with van der Waals surface area (Å²) in [6.45, 7) is 5.31. The van der Waals surface area contributed by atoms with Crippen LogP contribution in [0.2, 0.25) is 0 Å². The van der Waals surface area contributed by atoms with Crippen molar-refractivity contribution in [3.8, 4) is 0 Å². The molecule has 9 heteroatoms. The van der Waals surface area contributed by atoms with Crippen LogP contribution >= 0.6 is 11.3 Å². The van der Waals surface area contributed by atoms with Gasteiger partial charge in [-0.2, -0.15) is 13.2 Å². The lowest BCUT2D eigenvalue weighted by Crippen LogP contribution is -2.46. The molecule has 2 fully saturated rings. The van der Waals surface area contributed by atoms with Crippen LogP contribution in [0.3, 0.4) is 0 Å². The number of nitrogens with zero attached hydrogens (tertiary/aromatic N) is 3. The largest absolute Gasteiger partial charge is 0.443 e. The summed E-state index contributed by atoms with van der Waals surface area (Å²) in [5.74, 6) is -0.0463. The van der Waals surface area contributed by atoms with Crippen LogP contribution in [0.4, 0.5) is 13.2 Å². The normalized spacial score (nSPS) is 23.5. The van der Waals surface area contributed by atoms with Crippen LogP contribution in [-0.4, -0.2) is 66.6 Å². The zero-order valence-corrected chi connectivity index (χ0v) is 14.0. The first-order valence-electron chi connectivity index (χ1n) is 8.05. The van der Waals surface area contributed by atoms with Crippen molar-refractivity contribution < 1.29 is 22.7 Å². The molecule has 5 nitrogen and oxygen atoms in total. The number of alkyl halides is 3. The summed E-state index contributed by atoms with van der Waals surface area (Å²) >= 11 is 0.472. The van der Waals surface area contributed by atoms with Gasteiger partial charge in [-0.15, -0.1) is 11.3 Å². The topological polar surface area (TPSA) is 45.7 Å². The molecule has 134 valence electrons. The predicted octanol–water partition coefficient (Wildman–Crippen LogP) is 2.35. The van der Waals surface area contributed by atoms with E-state index >= 15 is 0 Å². The lowest BCUT2D eigenvalue weighted by Gasteiger charge is -2.36. The van der Waals surface area contributed by atoms with Crippen LogP contribution in [0.5, 0.6) is 0 Å². The Bertz CT molecular complexity index is 573. The Morgan fingerprint density at radius 3 is 2.75 bits per heavy atom. The van der Waals surface area contributed by atoms with Gasteiger partial charge in [0.2, 0.25) is 0 Å². The Morgan fingerprint density at radius 2 is 2.08 bits per heavy atom. The third-order valence-corrected chi connectivity index (χ3v) is 5.28. The Hall–Kier alpha value is -1.19. The van der Waals surface area contributed by atoms with E-state index in [-0.39, 0.29) is 5.69 Å². The van der Waals surface area contributed by atoms with E-state index in [9.17, 15) is 18.0 Å². The van der Waals surface area contributed by atoms with Gasteiger partial charge in [-0.05, 0) is 18.8 Å². The summed E-state index contributed by atoms with van der Waals surface area (Å²) in [5.41, 5.74) is -0.0978. The molecule has 1 atom stereocenters. The Morgan fingerprint density at radius 1 is 1.33 bits per heavy atom. The molecule has 2 aliphatic heterocycles. The van der Waals surface area contributed by atoms with Gasteiger partial charge in [-0.25, -0.2) is 4.98 Å². The maximum absolute atomic E-state index is 12.6. The molecule has 0 aromatic carbocycles. The minimum absolute atomic E-state index is 0.0978. The van der Waals surface area contributed by atoms with Gasteiger partial charge in [-0.1, -0.05) is 0 Å². The number of morpholine rings is 1. The van der Waals surface area contributed by atoms with Crippen LogP contribution in [0.15, 0.2) is 5.38 Å². The van der Waals surface area contributed by atoms with Gasteiger partial charge < -0.3 is 9.64 Å². The molecule has 24 heavy (non-hydrogen) atoms. The van der Waals surface area contributed by atoms with Crippen molar-refractivity contribution in [1.29, 1.82) is 0 Å². The van der Waals surface area contributed by atoms with Crippen LogP contribution in [-0.2, 0) is 10.9 Å². The van der Waals surface area contributed by atoms with Gasteiger partial charge in [0.05, 0.1) is 13.2 Å². The van der Waals surface area contributed by atoms with E-state index in [1.165, 1.54) is 5.38 Å². The minimum Gasteiger partial charge on any atom is -0.379 e. The highest BCUT2D eigenvalue weighted by atomic mass is 32.1. The molecule has 0 bridgehead atoms. The maximum Gasteiger partial charge on any atom is 0.443 e. The van der Waals surface area contributed by atoms with Crippen molar-refractivity contribution in [2.24, 2.45) is 5.92 Å².